The Kier molecular flexibility index (Phi) is 7.04. The van der Waals surface area contributed by atoms with E-state index in [1.54, 1.807) is 0 Å². The van der Waals surface area contributed by atoms with Crippen molar-refractivity contribution in [3.8, 4) is 0 Å². The maximum absolute atomic E-state index is 5.91. The van der Waals surface area contributed by atoms with Gasteiger partial charge in [0.1, 0.15) is 11.5 Å². The van der Waals surface area contributed by atoms with Gasteiger partial charge in [-0.05, 0) is 65.1 Å². The number of hydrogen-bond acceptors (Lipinski definition) is 4. The molecule has 1 aliphatic heterocycles. The molecule has 0 spiro atoms. The van der Waals surface area contributed by atoms with Crippen LogP contribution in [0.2, 0.25) is 0 Å². The van der Waals surface area contributed by atoms with Gasteiger partial charge in [-0.15, -0.1) is 0 Å². The van der Waals surface area contributed by atoms with Crippen molar-refractivity contribution >= 4 is 17.7 Å². The summed E-state index contributed by atoms with van der Waals surface area (Å²) in [4.78, 5) is 6.86. The molecule has 2 rings (SSSR count). The molecule has 0 saturated carbocycles. The number of nitrogens with one attached hydrogen (secondary N) is 2. The van der Waals surface area contributed by atoms with Crippen molar-refractivity contribution in [2.75, 3.05) is 39.5 Å². The van der Waals surface area contributed by atoms with Crippen LogP contribution in [0.3, 0.4) is 0 Å². The van der Waals surface area contributed by atoms with E-state index in [2.05, 4.69) is 46.7 Å². The van der Waals surface area contributed by atoms with Crippen LogP contribution < -0.4 is 10.6 Å². The van der Waals surface area contributed by atoms with Gasteiger partial charge in [-0.1, -0.05) is 0 Å². The largest absolute Gasteiger partial charge is 0.465 e. The molecule has 1 atom stereocenters. The molecule has 1 aromatic rings. The van der Waals surface area contributed by atoms with Gasteiger partial charge in [-0.3, -0.25) is 9.89 Å². The summed E-state index contributed by atoms with van der Waals surface area (Å²) in [6.45, 7) is 10.4. The van der Waals surface area contributed by atoms with E-state index >= 15 is 0 Å². The molecule has 5 nitrogen and oxygen atoms in total. The molecule has 1 saturated heterocycles. The van der Waals surface area contributed by atoms with Gasteiger partial charge in [0.25, 0.3) is 0 Å². The first kappa shape index (κ1) is 19.2. The number of thioether (sulfide) groups is 1. The highest BCUT2D eigenvalue weighted by atomic mass is 32.2. The average Bonchev–Trinajstić information content (AvgIpc) is 3.23. The summed E-state index contributed by atoms with van der Waals surface area (Å²) in [5.41, 5.74) is 0. The van der Waals surface area contributed by atoms with Crippen LogP contribution in [0.4, 0.5) is 0 Å². The number of aliphatic imine (C=N–C) groups is 1. The zero-order chi connectivity index (χ0) is 17.6. The molecule has 1 aromatic heterocycles. The number of furan rings is 1. The standard InChI is InChI=1S/C18H32N4OS/c1-14-8-9-16(23-14)15(22-10-6-7-11-22)12-20-17(19-4)21-13-18(2,3)24-5/h8-9,15H,6-7,10-13H2,1-5H3,(H2,19,20,21). The van der Waals surface area contributed by atoms with E-state index in [0.717, 1.165) is 43.7 Å². The van der Waals surface area contributed by atoms with E-state index in [-0.39, 0.29) is 10.8 Å². The first-order valence-corrected chi connectivity index (χ1v) is 9.98. The van der Waals surface area contributed by atoms with Crippen molar-refractivity contribution in [2.45, 2.75) is 44.4 Å². The molecule has 24 heavy (non-hydrogen) atoms. The fraction of sp³-hybridized carbons (Fsp3) is 0.722. The van der Waals surface area contributed by atoms with Crippen molar-refractivity contribution in [3.05, 3.63) is 23.7 Å². The van der Waals surface area contributed by atoms with Crippen LogP contribution >= 0.6 is 11.8 Å². The van der Waals surface area contributed by atoms with E-state index in [1.165, 1.54) is 12.8 Å². The van der Waals surface area contributed by atoms with E-state index in [9.17, 15) is 0 Å². The Hall–Kier alpha value is -1.14. The summed E-state index contributed by atoms with van der Waals surface area (Å²) in [7, 11) is 1.82. The predicted octanol–water partition coefficient (Wildman–Crippen LogP) is 3.03. The maximum atomic E-state index is 5.91. The smallest absolute Gasteiger partial charge is 0.191 e. The summed E-state index contributed by atoms with van der Waals surface area (Å²) in [5, 5.41) is 6.91. The van der Waals surface area contributed by atoms with Crippen LogP contribution in [0.25, 0.3) is 0 Å². The molecule has 1 aliphatic rings. The Morgan fingerprint density at radius 3 is 2.58 bits per heavy atom. The number of guanidine groups is 1. The molecule has 2 heterocycles. The molecule has 2 N–H and O–H groups in total. The average molecular weight is 353 g/mol. The Morgan fingerprint density at radius 1 is 1.33 bits per heavy atom. The van der Waals surface area contributed by atoms with Gasteiger partial charge in [0.15, 0.2) is 5.96 Å². The van der Waals surface area contributed by atoms with E-state index in [0.29, 0.717) is 0 Å². The number of aryl methyl sites for hydroxylation is 1. The third kappa shape index (κ3) is 5.45. The zero-order valence-electron chi connectivity index (χ0n) is 15.7. The summed E-state index contributed by atoms with van der Waals surface area (Å²) in [6, 6.07) is 4.41. The predicted molar refractivity (Wildman–Crippen MR) is 104 cm³/mol. The SMILES string of the molecule is CN=C(NCC(c1ccc(C)o1)N1CCCC1)NCC(C)(C)SC. The van der Waals surface area contributed by atoms with Gasteiger partial charge in [0.05, 0.1) is 6.04 Å². The lowest BCUT2D eigenvalue weighted by molar-refractivity contribution is 0.213. The summed E-state index contributed by atoms with van der Waals surface area (Å²) in [6.07, 6.45) is 4.68. The van der Waals surface area contributed by atoms with E-state index in [1.807, 2.05) is 31.8 Å². The number of hydrogen-bond donors (Lipinski definition) is 2. The second-order valence-corrected chi connectivity index (χ2v) is 8.49. The first-order valence-electron chi connectivity index (χ1n) is 8.75. The summed E-state index contributed by atoms with van der Waals surface area (Å²) in [5.74, 6) is 2.87. The highest BCUT2D eigenvalue weighted by molar-refractivity contribution is 7.99. The van der Waals surface area contributed by atoms with E-state index in [4.69, 9.17) is 4.42 Å². The molecule has 136 valence electrons. The normalized spacial score (nSPS) is 18.0. The minimum absolute atomic E-state index is 0.185. The third-order valence-corrected chi connectivity index (χ3v) is 5.84. The van der Waals surface area contributed by atoms with Gasteiger partial charge in [0.2, 0.25) is 0 Å². The lowest BCUT2D eigenvalue weighted by Crippen LogP contribution is -2.46. The van der Waals surface area contributed by atoms with Crippen molar-refractivity contribution in [1.82, 2.24) is 15.5 Å². The van der Waals surface area contributed by atoms with Gasteiger partial charge in [-0.2, -0.15) is 11.8 Å². The third-order valence-electron chi connectivity index (χ3n) is 4.59. The van der Waals surface area contributed by atoms with Crippen molar-refractivity contribution in [3.63, 3.8) is 0 Å². The Morgan fingerprint density at radius 2 is 2.04 bits per heavy atom. The van der Waals surface area contributed by atoms with Crippen molar-refractivity contribution in [2.24, 2.45) is 4.99 Å². The van der Waals surface area contributed by atoms with Crippen molar-refractivity contribution in [1.29, 1.82) is 0 Å². The molecule has 0 aliphatic carbocycles. The maximum Gasteiger partial charge on any atom is 0.191 e. The van der Waals surface area contributed by atoms with Crippen molar-refractivity contribution < 1.29 is 4.42 Å². The fourth-order valence-electron chi connectivity index (χ4n) is 2.88. The lowest BCUT2D eigenvalue weighted by Gasteiger charge is -2.28. The van der Waals surface area contributed by atoms with Gasteiger partial charge < -0.3 is 15.1 Å². The minimum atomic E-state index is 0.185. The number of likely N-dealkylation sites (tertiary alicyclic amines) is 1. The molecule has 1 unspecified atom stereocenters. The molecule has 0 amide bonds. The summed E-state index contributed by atoms with van der Waals surface area (Å²) < 4.78 is 6.09. The highest BCUT2D eigenvalue weighted by Crippen LogP contribution is 2.26. The zero-order valence-corrected chi connectivity index (χ0v) is 16.5. The second kappa shape index (κ2) is 8.81. The van der Waals surface area contributed by atoms with Gasteiger partial charge in [-0.25, -0.2) is 0 Å². The van der Waals surface area contributed by atoms with Crippen LogP contribution in [0, 0.1) is 6.92 Å². The number of nitrogens with zero attached hydrogens (tertiary/aromatic N) is 2. The molecule has 0 bridgehead atoms. The molecular formula is C18H32N4OS. The molecule has 0 aromatic carbocycles. The fourth-order valence-corrected chi connectivity index (χ4v) is 3.09. The monoisotopic (exact) mass is 352 g/mol. The summed E-state index contributed by atoms with van der Waals surface area (Å²) >= 11 is 1.86. The van der Waals surface area contributed by atoms with Crippen LogP contribution in [0.1, 0.15) is 44.3 Å². The topological polar surface area (TPSA) is 52.8 Å². The second-order valence-electron chi connectivity index (χ2n) is 6.98. The molecule has 6 heteroatoms. The van der Waals surface area contributed by atoms with Crippen LogP contribution in [-0.4, -0.2) is 55.1 Å². The minimum Gasteiger partial charge on any atom is -0.465 e. The number of rotatable bonds is 7. The van der Waals surface area contributed by atoms with Crippen LogP contribution in [-0.2, 0) is 0 Å². The lowest BCUT2D eigenvalue weighted by atomic mass is 10.2. The Balaban J connectivity index is 1.96. The molecular weight excluding hydrogens is 320 g/mol. The molecule has 0 radical (unpaired) electrons. The van der Waals surface area contributed by atoms with E-state index < -0.39 is 0 Å². The Labute approximate surface area is 150 Å². The Bertz CT molecular complexity index is 535. The quantitative estimate of drug-likeness (QED) is 0.583. The van der Waals surface area contributed by atoms with Crippen LogP contribution in [0.15, 0.2) is 21.5 Å². The van der Waals surface area contributed by atoms with Gasteiger partial charge >= 0.3 is 0 Å². The first-order chi connectivity index (χ1) is 11.4. The van der Waals surface area contributed by atoms with Crippen LogP contribution in [0.5, 0.6) is 0 Å². The molecule has 1 fully saturated rings. The van der Waals surface area contributed by atoms with Gasteiger partial charge in [0, 0.05) is 24.9 Å². The highest BCUT2D eigenvalue weighted by Gasteiger charge is 2.26.